The lowest BCUT2D eigenvalue weighted by molar-refractivity contribution is -0.135. The summed E-state index contributed by atoms with van der Waals surface area (Å²) < 4.78 is 18.3. The molecule has 1 aliphatic rings. The molecule has 1 amide bonds. The molecule has 0 radical (unpaired) electrons. The highest BCUT2D eigenvalue weighted by Gasteiger charge is 2.28. The highest BCUT2D eigenvalue weighted by atomic mass is 19.1. The second-order valence-corrected chi connectivity index (χ2v) is 5.81. The summed E-state index contributed by atoms with van der Waals surface area (Å²) in [7, 11) is 3.39. The summed E-state index contributed by atoms with van der Waals surface area (Å²) in [5.41, 5.74) is 1.01. The van der Waals surface area contributed by atoms with E-state index in [1.54, 1.807) is 25.1 Å². The number of nitrogens with zero attached hydrogens (tertiary/aromatic N) is 3. The van der Waals surface area contributed by atoms with E-state index in [-0.39, 0.29) is 11.8 Å². The van der Waals surface area contributed by atoms with Crippen LogP contribution in [0.3, 0.4) is 0 Å². The number of rotatable bonds is 5. The van der Waals surface area contributed by atoms with Crippen LogP contribution in [0.25, 0.3) is 0 Å². The Morgan fingerprint density at radius 2 is 2.35 bits per heavy atom. The molecule has 1 atom stereocenters. The molecule has 0 N–H and O–H groups in total. The highest BCUT2D eigenvalue weighted by molar-refractivity contribution is 5.79. The number of hydrogen-bond donors (Lipinski definition) is 0. The maximum Gasteiger partial charge on any atom is 0.227 e. The van der Waals surface area contributed by atoms with Gasteiger partial charge in [-0.1, -0.05) is 0 Å². The van der Waals surface area contributed by atoms with Crippen molar-refractivity contribution in [2.75, 3.05) is 45.3 Å². The fourth-order valence-corrected chi connectivity index (χ4v) is 2.92. The summed E-state index contributed by atoms with van der Waals surface area (Å²) in [6.07, 6.45) is 1.70. The van der Waals surface area contributed by atoms with E-state index in [2.05, 4.69) is 0 Å². The van der Waals surface area contributed by atoms with Gasteiger partial charge < -0.3 is 14.5 Å². The van der Waals surface area contributed by atoms with Gasteiger partial charge in [0.25, 0.3) is 0 Å². The van der Waals surface area contributed by atoms with Crippen molar-refractivity contribution < 1.29 is 13.9 Å². The van der Waals surface area contributed by atoms with E-state index in [4.69, 9.17) is 4.74 Å². The van der Waals surface area contributed by atoms with Crippen molar-refractivity contribution in [2.24, 2.45) is 5.92 Å². The molecule has 1 heterocycles. The van der Waals surface area contributed by atoms with E-state index >= 15 is 0 Å². The van der Waals surface area contributed by atoms with Crippen LogP contribution >= 0.6 is 0 Å². The summed E-state index contributed by atoms with van der Waals surface area (Å²) in [5.74, 6) is -0.441. The number of amides is 1. The molecule has 124 valence electrons. The van der Waals surface area contributed by atoms with E-state index in [1.807, 2.05) is 11.0 Å². The Kier molecular flexibility index (Phi) is 5.94. The largest absolute Gasteiger partial charge is 0.383 e. The predicted molar refractivity (Wildman–Crippen MR) is 85.6 cm³/mol. The molecule has 1 aliphatic heterocycles. The Hall–Kier alpha value is -2.13. The minimum absolute atomic E-state index is 0.0902. The van der Waals surface area contributed by atoms with E-state index < -0.39 is 5.82 Å². The summed E-state index contributed by atoms with van der Waals surface area (Å²) >= 11 is 0. The van der Waals surface area contributed by atoms with Crippen LogP contribution < -0.4 is 4.90 Å². The Bertz CT molecular complexity index is 600. The van der Waals surface area contributed by atoms with Crippen LogP contribution in [-0.2, 0) is 9.53 Å². The second-order valence-electron chi connectivity index (χ2n) is 5.81. The van der Waals surface area contributed by atoms with Crippen molar-refractivity contribution in [3.05, 3.63) is 29.6 Å². The van der Waals surface area contributed by atoms with Crippen LogP contribution in [0.5, 0.6) is 0 Å². The first kappa shape index (κ1) is 17.2. The van der Waals surface area contributed by atoms with Gasteiger partial charge in [0.1, 0.15) is 11.9 Å². The maximum atomic E-state index is 13.3. The van der Waals surface area contributed by atoms with Gasteiger partial charge in [0.2, 0.25) is 5.91 Å². The Morgan fingerprint density at radius 3 is 3.04 bits per heavy atom. The molecule has 1 saturated heterocycles. The van der Waals surface area contributed by atoms with Crippen LogP contribution in [0.15, 0.2) is 18.2 Å². The molecular weight excluding hydrogens is 297 g/mol. The molecule has 1 aromatic rings. The smallest absolute Gasteiger partial charge is 0.227 e. The van der Waals surface area contributed by atoms with Crippen molar-refractivity contribution in [3.63, 3.8) is 0 Å². The third kappa shape index (κ3) is 4.20. The first-order valence-corrected chi connectivity index (χ1v) is 7.75. The first-order valence-electron chi connectivity index (χ1n) is 7.75. The number of ether oxygens (including phenoxy) is 1. The lowest BCUT2D eigenvalue weighted by Gasteiger charge is -2.35. The van der Waals surface area contributed by atoms with Crippen molar-refractivity contribution in [2.45, 2.75) is 12.8 Å². The third-order valence-electron chi connectivity index (χ3n) is 4.20. The zero-order valence-corrected chi connectivity index (χ0v) is 13.6. The van der Waals surface area contributed by atoms with Crippen molar-refractivity contribution in [1.82, 2.24) is 4.90 Å². The van der Waals surface area contributed by atoms with Crippen LogP contribution in [0.1, 0.15) is 18.4 Å². The Balaban J connectivity index is 2.09. The molecule has 2 rings (SSSR count). The molecule has 0 bridgehead atoms. The van der Waals surface area contributed by atoms with E-state index in [0.717, 1.165) is 19.4 Å². The average molecular weight is 319 g/mol. The van der Waals surface area contributed by atoms with Crippen LogP contribution in [-0.4, -0.2) is 51.2 Å². The second kappa shape index (κ2) is 7.93. The van der Waals surface area contributed by atoms with Crippen molar-refractivity contribution in [1.29, 1.82) is 5.26 Å². The highest BCUT2D eigenvalue weighted by Crippen LogP contribution is 2.27. The Labute approximate surface area is 136 Å². The number of methoxy groups -OCH3 is 1. The normalized spacial score (nSPS) is 17.7. The number of halogens is 1. The number of benzene rings is 1. The van der Waals surface area contributed by atoms with Crippen LogP contribution in [0.4, 0.5) is 10.1 Å². The zero-order chi connectivity index (χ0) is 16.8. The van der Waals surface area contributed by atoms with Gasteiger partial charge in [-0.2, -0.15) is 5.26 Å². The van der Waals surface area contributed by atoms with Crippen molar-refractivity contribution in [3.8, 4) is 6.07 Å². The van der Waals surface area contributed by atoms with Gasteiger partial charge in [-0.15, -0.1) is 0 Å². The molecule has 0 spiro atoms. The lowest BCUT2D eigenvalue weighted by atomic mass is 9.95. The maximum absolute atomic E-state index is 13.3. The molecular formula is C17H22FN3O2. The predicted octanol–water partition coefficient (Wildman–Crippen LogP) is 2.02. The number of likely N-dealkylation sites (N-methyl/N-ethyl adjacent to an activating group) is 1. The quantitative estimate of drug-likeness (QED) is 0.833. The number of carbonyl (C=O) groups excluding carboxylic acids is 1. The minimum atomic E-state index is -0.422. The molecule has 1 unspecified atom stereocenters. The fourth-order valence-electron chi connectivity index (χ4n) is 2.92. The number of nitriles is 1. The number of hydrogen-bond acceptors (Lipinski definition) is 4. The van der Waals surface area contributed by atoms with Crippen LogP contribution in [0, 0.1) is 23.1 Å². The van der Waals surface area contributed by atoms with Crippen molar-refractivity contribution >= 4 is 11.6 Å². The third-order valence-corrected chi connectivity index (χ3v) is 4.20. The molecule has 0 aromatic heterocycles. The molecule has 0 saturated carbocycles. The van der Waals surface area contributed by atoms with Gasteiger partial charge in [-0.05, 0) is 31.0 Å². The summed E-state index contributed by atoms with van der Waals surface area (Å²) in [4.78, 5) is 16.2. The van der Waals surface area contributed by atoms with Gasteiger partial charge in [0.15, 0.2) is 0 Å². The summed E-state index contributed by atoms with van der Waals surface area (Å²) in [5, 5.41) is 9.20. The number of carbonyl (C=O) groups is 1. The first-order chi connectivity index (χ1) is 11.1. The number of anilines is 1. The lowest BCUT2D eigenvalue weighted by Crippen LogP contribution is -2.44. The Morgan fingerprint density at radius 1 is 1.57 bits per heavy atom. The zero-order valence-electron chi connectivity index (χ0n) is 13.6. The van der Waals surface area contributed by atoms with Crippen LogP contribution in [0.2, 0.25) is 0 Å². The molecule has 1 fully saturated rings. The van der Waals surface area contributed by atoms with Gasteiger partial charge in [-0.25, -0.2) is 4.39 Å². The monoisotopic (exact) mass is 319 g/mol. The molecule has 0 aliphatic carbocycles. The summed E-state index contributed by atoms with van der Waals surface area (Å²) in [6, 6.07) is 6.25. The topological polar surface area (TPSA) is 56.6 Å². The summed E-state index contributed by atoms with van der Waals surface area (Å²) in [6.45, 7) is 2.39. The molecule has 23 heavy (non-hydrogen) atoms. The molecule has 6 heteroatoms. The van der Waals surface area contributed by atoms with Gasteiger partial charge >= 0.3 is 0 Å². The van der Waals surface area contributed by atoms with E-state index in [9.17, 15) is 14.4 Å². The van der Waals surface area contributed by atoms with Gasteiger partial charge in [-0.3, -0.25) is 4.79 Å². The van der Waals surface area contributed by atoms with E-state index in [0.29, 0.717) is 30.9 Å². The van der Waals surface area contributed by atoms with E-state index in [1.165, 1.54) is 12.1 Å². The molecule has 1 aromatic carbocycles. The number of piperidine rings is 1. The standard InChI is InChI=1S/C17H22FN3O2/c1-20(8-9-23-2)17(22)13-4-3-7-21(12-13)16-6-5-15(18)10-14(16)11-19/h5-6,10,13H,3-4,7-9,12H2,1-2H3. The van der Waals surface area contributed by atoms with Gasteiger partial charge in [0, 0.05) is 33.8 Å². The van der Waals surface area contributed by atoms with Gasteiger partial charge in [0.05, 0.1) is 23.8 Å². The molecule has 5 nitrogen and oxygen atoms in total. The average Bonchev–Trinajstić information content (AvgIpc) is 2.58. The fraction of sp³-hybridized carbons (Fsp3) is 0.529. The minimum Gasteiger partial charge on any atom is -0.383 e. The SMILES string of the molecule is COCCN(C)C(=O)C1CCCN(c2ccc(F)cc2C#N)C1.